The average Bonchev–Trinajstić information content (AvgIpc) is 3.22. The van der Waals surface area contributed by atoms with Crippen molar-refractivity contribution in [1.29, 1.82) is 0 Å². The van der Waals surface area contributed by atoms with Gasteiger partial charge in [0.1, 0.15) is 5.03 Å². The van der Waals surface area contributed by atoms with Crippen molar-refractivity contribution in [2.45, 2.75) is 24.0 Å². The molecule has 0 fully saturated rings. The number of pyridine rings is 1. The molecule has 0 saturated heterocycles. The number of para-hydroxylation sites is 2. The molecule has 0 spiro atoms. The standard InChI is InChI=1S/C22H17N7S/c1-14-7-5-8-15(2)19(14)29-22(26-27-28-29)30-21-17-10-3-4-11-18(17)24-20(25-21)16-9-6-12-23-13-16/h3-13H,1-2H3. The summed E-state index contributed by atoms with van der Waals surface area (Å²) in [6.07, 6.45) is 3.50. The largest absolute Gasteiger partial charge is 0.264 e. The Morgan fingerprint density at radius 1 is 0.867 bits per heavy atom. The van der Waals surface area contributed by atoms with Gasteiger partial charge >= 0.3 is 0 Å². The molecule has 0 aliphatic carbocycles. The summed E-state index contributed by atoms with van der Waals surface area (Å²) in [5.74, 6) is 0.621. The lowest BCUT2D eigenvalue weighted by molar-refractivity contribution is 0.747. The van der Waals surface area contributed by atoms with Gasteiger partial charge in [0.25, 0.3) is 0 Å². The minimum atomic E-state index is 0.621. The highest BCUT2D eigenvalue weighted by Gasteiger charge is 2.17. The predicted octanol–water partition coefficient (Wildman–Crippen LogP) is 4.44. The maximum Gasteiger partial charge on any atom is 0.220 e. The Hall–Kier alpha value is -3.65. The second-order valence-corrected chi connectivity index (χ2v) is 7.78. The van der Waals surface area contributed by atoms with Crippen molar-refractivity contribution in [1.82, 2.24) is 35.2 Å². The minimum absolute atomic E-state index is 0.621. The van der Waals surface area contributed by atoms with Crippen molar-refractivity contribution < 1.29 is 0 Å². The molecule has 5 rings (SSSR count). The van der Waals surface area contributed by atoms with Crippen molar-refractivity contribution in [2.75, 3.05) is 0 Å². The van der Waals surface area contributed by atoms with E-state index in [2.05, 4.69) is 46.5 Å². The summed E-state index contributed by atoms with van der Waals surface area (Å²) in [6.45, 7) is 4.11. The highest BCUT2D eigenvalue weighted by molar-refractivity contribution is 7.99. The number of benzene rings is 2. The fourth-order valence-corrected chi connectivity index (χ4v) is 4.24. The number of nitrogens with zero attached hydrogens (tertiary/aromatic N) is 7. The Morgan fingerprint density at radius 3 is 2.50 bits per heavy atom. The lowest BCUT2D eigenvalue weighted by Crippen LogP contribution is -2.04. The molecule has 0 N–H and O–H groups in total. The molecule has 0 saturated carbocycles. The molecular weight excluding hydrogens is 394 g/mol. The van der Waals surface area contributed by atoms with E-state index in [0.717, 1.165) is 38.3 Å². The molecular formula is C22H17N7S. The molecule has 0 radical (unpaired) electrons. The second-order valence-electron chi connectivity index (χ2n) is 6.83. The lowest BCUT2D eigenvalue weighted by Gasteiger charge is -2.11. The first-order valence-corrected chi connectivity index (χ1v) is 10.2. The zero-order valence-electron chi connectivity index (χ0n) is 16.4. The van der Waals surface area contributed by atoms with Gasteiger partial charge in [-0.15, -0.1) is 5.10 Å². The van der Waals surface area contributed by atoms with E-state index in [0.29, 0.717) is 11.0 Å². The van der Waals surface area contributed by atoms with Crippen molar-refractivity contribution in [2.24, 2.45) is 0 Å². The van der Waals surface area contributed by atoms with E-state index in [1.165, 1.54) is 11.8 Å². The molecule has 30 heavy (non-hydrogen) atoms. The van der Waals surface area contributed by atoms with Crippen molar-refractivity contribution in [3.63, 3.8) is 0 Å². The Kier molecular flexibility index (Phi) is 4.68. The van der Waals surface area contributed by atoms with Gasteiger partial charge in [-0.1, -0.05) is 36.4 Å². The molecule has 7 nitrogen and oxygen atoms in total. The number of tetrazole rings is 1. The van der Waals surface area contributed by atoms with Crippen LogP contribution in [0.25, 0.3) is 28.0 Å². The first-order chi connectivity index (χ1) is 14.7. The van der Waals surface area contributed by atoms with E-state index in [9.17, 15) is 0 Å². The number of fused-ring (bicyclic) bond motifs is 1. The molecule has 5 aromatic rings. The van der Waals surface area contributed by atoms with Gasteiger partial charge in [0.15, 0.2) is 5.82 Å². The summed E-state index contributed by atoms with van der Waals surface area (Å²) in [4.78, 5) is 13.7. The third-order valence-electron chi connectivity index (χ3n) is 4.77. The molecule has 2 aromatic carbocycles. The van der Waals surface area contributed by atoms with Crippen LogP contribution < -0.4 is 0 Å². The Bertz CT molecular complexity index is 1330. The lowest BCUT2D eigenvalue weighted by atomic mass is 10.1. The van der Waals surface area contributed by atoms with E-state index in [1.807, 2.05) is 42.5 Å². The normalized spacial score (nSPS) is 11.1. The third-order valence-corrected chi connectivity index (χ3v) is 5.71. The summed E-state index contributed by atoms with van der Waals surface area (Å²) in [6, 6.07) is 17.9. The third kappa shape index (κ3) is 3.31. The summed E-state index contributed by atoms with van der Waals surface area (Å²) < 4.78 is 1.77. The predicted molar refractivity (Wildman–Crippen MR) is 116 cm³/mol. The highest BCUT2D eigenvalue weighted by atomic mass is 32.2. The quantitative estimate of drug-likeness (QED) is 0.404. The van der Waals surface area contributed by atoms with Crippen LogP contribution >= 0.6 is 11.8 Å². The molecule has 3 aromatic heterocycles. The fraction of sp³-hybridized carbons (Fsp3) is 0.0909. The minimum Gasteiger partial charge on any atom is -0.264 e. The van der Waals surface area contributed by atoms with E-state index in [-0.39, 0.29) is 0 Å². The van der Waals surface area contributed by atoms with Crippen LogP contribution in [0.4, 0.5) is 0 Å². The zero-order chi connectivity index (χ0) is 20.5. The number of hydrogen-bond donors (Lipinski definition) is 0. The number of aromatic nitrogens is 7. The van der Waals surface area contributed by atoms with Crippen molar-refractivity contribution in [3.8, 4) is 17.1 Å². The Labute approximate surface area is 177 Å². The van der Waals surface area contributed by atoms with Gasteiger partial charge in [0, 0.05) is 23.3 Å². The van der Waals surface area contributed by atoms with Crippen LogP contribution in [-0.4, -0.2) is 35.2 Å². The SMILES string of the molecule is Cc1cccc(C)c1-n1nnnc1Sc1nc(-c2cccnc2)nc2ccccc12. The Morgan fingerprint density at radius 2 is 1.70 bits per heavy atom. The maximum absolute atomic E-state index is 4.83. The summed E-state index contributed by atoms with van der Waals surface area (Å²) in [5.41, 5.74) is 4.91. The fourth-order valence-electron chi connectivity index (χ4n) is 3.36. The van der Waals surface area contributed by atoms with Crippen LogP contribution in [-0.2, 0) is 0 Å². The van der Waals surface area contributed by atoms with Gasteiger partial charge in [-0.3, -0.25) is 4.98 Å². The molecule has 3 heterocycles. The van der Waals surface area contributed by atoms with Gasteiger partial charge < -0.3 is 0 Å². The van der Waals surface area contributed by atoms with Crippen LogP contribution in [0.5, 0.6) is 0 Å². The van der Waals surface area contributed by atoms with Crippen LogP contribution in [0.15, 0.2) is 77.2 Å². The molecule has 0 aliphatic rings. The van der Waals surface area contributed by atoms with Crippen LogP contribution in [0, 0.1) is 13.8 Å². The molecule has 0 atom stereocenters. The van der Waals surface area contributed by atoms with Crippen LogP contribution in [0.1, 0.15) is 11.1 Å². The smallest absolute Gasteiger partial charge is 0.220 e. The summed E-state index contributed by atoms with van der Waals surface area (Å²) >= 11 is 1.43. The number of hydrogen-bond acceptors (Lipinski definition) is 7. The second kappa shape index (κ2) is 7.64. The zero-order valence-corrected chi connectivity index (χ0v) is 17.2. The highest BCUT2D eigenvalue weighted by Crippen LogP contribution is 2.33. The van der Waals surface area contributed by atoms with Crippen LogP contribution in [0.3, 0.4) is 0 Å². The van der Waals surface area contributed by atoms with Gasteiger partial charge in [-0.05, 0) is 65.4 Å². The average molecular weight is 411 g/mol. The van der Waals surface area contributed by atoms with Gasteiger partial charge in [0.2, 0.25) is 5.16 Å². The monoisotopic (exact) mass is 411 g/mol. The van der Waals surface area contributed by atoms with E-state index < -0.39 is 0 Å². The molecule has 146 valence electrons. The van der Waals surface area contributed by atoms with Gasteiger partial charge in [0.05, 0.1) is 11.2 Å². The molecule has 0 aliphatic heterocycles. The van der Waals surface area contributed by atoms with Crippen molar-refractivity contribution in [3.05, 3.63) is 78.1 Å². The van der Waals surface area contributed by atoms with Crippen LogP contribution in [0.2, 0.25) is 0 Å². The first kappa shape index (κ1) is 18.4. The Balaban J connectivity index is 1.65. The van der Waals surface area contributed by atoms with Gasteiger partial charge in [-0.25, -0.2) is 9.97 Å². The number of rotatable bonds is 4. The topological polar surface area (TPSA) is 82.3 Å². The number of aryl methyl sites for hydroxylation is 2. The van der Waals surface area contributed by atoms with Crippen molar-refractivity contribution >= 4 is 22.7 Å². The molecule has 8 heteroatoms. The molecule has 0 amide bonds. The summed E-state index contributed by atoms with van der Waals surface area (Å²) in [7, 11) is 0. The van der Waals surface area contributed by atoms with E-state index >= 15 is 0 Å². The maximum atomic E-state index is 4.83. The molecule has 0 unspecified atom stereocenters. The first-order valence-electron chi connectivity index (χ1n) is 9.41. The van der Waals surface area contributed by atoms with Gasteiger partial charge in [-0.2, -0.15) is 4.68 Å². The van der Waals surface area contributed by atoms with E-state index in [4.69, 9.17) is 9.97 Å². The summed E-state index contributed by atoms with van der Waals surface area (Å²) in [5, 5.41) is 14.8. The van der Waals surface area contributed by atoms with E-state index in [1.54, 1.807) is 17.1 Å². The molecule has 0 bridgehead atoms.